The predicted molar refractivity (Wildman–Crippen MR) is 101 cm³/mol. The molecule has 0 aliphatic heterocycles. The summed E-state index contributed by atoms with van der Waals surface area (Å²) in [5.74, 6) is 1.04. The molecule has 0 aliphatic rings. The van der Waals surface area contributed by atoms with E-state index in [1.54, 1.807) is 0 Å². The molecule has 124 valence electrons. The molecule has 0 unspecified atom stereocenters. The number of thiocarbonyl (C=S) groups is 1. The predicted octanol–water partition coefficient (Wildman–Crippen LogP) is 3.97. The number of amides is 1. The van der Waals surface area contributed by atoms with Gasteiger partial charge in [-0.3, -0.25) is 4.79 Å². The van der Waals surface area contributed by atoms with Gasteiger partial charge in [-0.05, 0) is 32.9 Å². The molecule has 6 heteroatoms. The Hall–Kier alpha value is -1.53. The van der Waals surface area contributed by atoms with Crippen LogP contribution >= 0.6 is 24.0 Å². The first-order valence-electron chi connectivity index (χ1n) is 7.74. The zero-order valence-corrected chi connectivity index (χ0v) is 15.3. The lowest BCUT2D eigenvalue weighted by Gasteiger charge is -2.20. The summed E-state index contributed by atoms with van der Waals surface area (Å²) in [6, 6.07) is 9.62. The summed E-state index contributed by atoms with van der Waals surface area (Å²) < 4.78 is 6.54. The van der Waals surface area contributed by atoms with Crippen LogP contribution in [-0.4, -0.2) is 34.0 Å². The van der Waals surface area contributed by atoms with Crippen LogP contribution in [-0.2, 0) is 4.79 Å². The number of carbonyl (C=O) groups excluding carboxylic acids is 1. The maximum atomic E-state index is 12.1. The van der Waals surface area contributed by atoms with Gasteiger partial charge in [-0.25, -0.2) is 0 Å². The van der Waals surface area contributed by atoms with Gasteiger partial charge in [0.15, 0.2) is 0 Å². The quantitative estimate of drug-likeness (QED) is 0.799. The van der Waals surface area contributed by atoms with Crippen LogP contribution in [0.25, 0.3) is 11.0 Å². The van der Waals surface area contributed by atoms with Crippen molar-refractivity contribution in [2.75, 3.05) is 18.8 Å². The molecule has 1 aromatic heterocycles. The topological polar surface area (TPSA) is 45.5 Å². The Balaban J connectivity index is 1.88. The van der Waals surface area contributed by atoms with Gasteiger partial charge in [-0.1, -0.05) is 42.2 Å². The molecule has 0 saturated heterocycles. The minimum absolute atomic E-state index is 0.0440. The number of nitrogens with one attached hydrogen (secondary N) is 1. The molecule has 0 fully saturated rings. The molecule has 1 amide bonds. The number of benzene rings is 1. The fourth-order valence-corrected chi connectivity index (χ4v) is 3.48. The number of hydrogen-bond donors (Lipinski definition) is 1. The molecule has 1 aromatic carbocycles. The number of furan rings is 1. The van der Waals surface area contributed by atoms with Crippen LogP contribution in [0.1, 0.15) is 32.6 Å². The number of fused-ring (bicyclic) bond motifs is 1. The van der Waals surface area contributed by atoms with Crippen molar-refractivity contribution >= 4 is 45.2 Å². The summed E-state index contributed by atoms with van der Waals surface area (Å²) in [5.41, 5.74) is 0.834. The zero-order chi connectivity index (χ0) is 16.8. The van der Waals surface area contributed by atoms with E-state index in [2.05, 4.69) is 24.1 Å². The van der Waals surface area contributed by atoms with E-state index >= 15 is 0 Å². The molecule has 0 spiro atoms. The van der Waals surface area contributed by atoms with Gasteiger partial charge in [0.2, 0.25) is 5.91 Å². The summed E-state index contributed by atoms with van der Waals surface area (Å²) >= 11 is 6.73. The Bertz CT molecular complexity index is 647. The van der Waals surface area contributed by atoms with Gasteiger partial charge >= 0.3 is 0 Å². The van der Waals surface area contributed by atoms with E-state index in [9.17, 15) is 4.79 Å². The largest absolute Gasteiger partial charge is 0.459 e. The Morgan fingerprint density at radius 3 is 2.70 bits per heavy atom. The number of nitrogens with zero attached hydrogens (tertiary/aromatic N) is 1. The van der Waals surface area contributed by atoms with Crippen LogP contribution in [0.5, 0.6) is 0 Å². The summed E-state index contributed by atoms with van der Waals surface area (Å²) in [4.78, 5) is 14.2. The van der Waals surface area contributed by atoms with Gasteiger partial charge in [0.05, 0.1) is 11.8 Å². The summed E-state index contributed by atoms with van der Waals surface area (Å²) in [7, 11) is 0. The average Bonchev–Trinajstić information content (AvgIpc) is 2.98. The number of thioether (sulfide) groups is 1. The van der Waals surface area contributed by atoms with Crippen molar-refractivity contribution in [2.45, 2.75) is 26.8 Å². The Morgan fingerprint density at radius 2 is 2.04 bits per heavy atom. The molecule has 2 aromatic rings. The number of carbonyl (C=O) groups is 1. The van der Waals surface area contributed by atoms with Gasteiger partial charge in [-0.15, -0.1) is 0 Å². The third-order valence-corrected chi connectivity index (χ3v) is 5.12. The van der Waals surface area contributed by atoms with Crippen LogP contribution < -0.4 is 5.32 Å². The fourth-order valence-electron chi connectivity index (χ4n) is 2.27. The van der Waals surface area contributed by atoms with Gasteiger partial charge in [0, 0.05) is 18.5 Å². The first-order valence-corrected chi connectivity index (χ1v) is 9.14. The Kier molecular flexibility index (Phi) is 6.47. The van der Waals surface area contributed by atoms with E-state index in [-0.39, 0.29) is 11.9 Å². The maximum Gasteiger partial charge on any atom is 0.231 e. The lowest BCUT2D eigenvalue weighted by atomic mass is 10.2. The second-order valence-electron chi connectivity index (χ2n) is 5.20. The van der Waals surface area contributed by atoms with Gasteiger partial charge in [0.1, 0.15) is 15.7 Å². The van der Waals surface area contributed by atoms with E-state index in [4.69, 9.17) is 16.6 Å². The van der Waals surface area contributed by atoms with Crippen molar-refractivity contribution in [1.82, 2.24) is 10.2 Å². The van der Waals surface area contributed by atoms with Crippen molar-refractivity contribution < 1.29 is 9.21 Å². The van der Waals surface area contributed by atoms with E-state index < -0.39 is 0 Å². The lowest BCUT2D eigenvalue weighted by molar-refractivity contribution is -0.119. The standard InChI is InChI=1S/C17H22N2O2S2/c1-4-19(5-2)17(22)23-11-16(20)18-12(3)15-10-13-8-6-7-9-14(13)21-15/h6-10,12H,4-5,11H2,1-3H3,(H,18,20)/t12-/m0/s1. The Labute approximate surface area is 146 Å². The monoisotopic (exact) mass is 350 g/mol. The second kappa shape index (κ2) is 8.36. The van der Waals surface area contributed by atoms with E-state index in [1.807, 2.05) is 37.3 Å². The number of hydrogen-bond acceptors (Lipinski definition) is 4. The first-order chi connectivity index (χ1) is 11.0. The van der Waals surface area contributed by atoms with Crippen molar-refractivity contribution in [2.24, 2.45) is 0 Å². The van der Waals surface area contributed by atoms with Crippen molar-refractivity contribution in [1.29, 1.82) is 0 Å². The molecule has 0 aliphatic carbocycles. The van der Waals surface area contributed by atoms with E-state index in [0.29, 0.717) is 5.75 Å². The number of rotatable bonds is 6. The highest BCUT2D eigenvalue weighted by atomic mass is 32.2. The van der Waals surface area contributed by atoms with Crippen molar-refractivity contribution in [3.63, 3.8) is 0 Å². The highest BCUT2D eigenvalue weighted by Gasteiger charge is 2.15. The minimum Gasteiger partial charge on any atom is -0.459 e. The smallest absolute Gasteiger partial charge is 0.231 e. The molecule has 0 radical (unpaired) electrons. The minimum atomic E-state index is -0.169. The van der Waals surface area contributed by atoms with Crippen molar-refractivity contribution in [3.8, 4) is 0 Å². The normalized spacial score (nSPS) is 12.1. The van der Waals surface area contributed by atoms with E-state index in [0.717, 1.165) is 34.1 Å². The van der Waals surface area contributed by atoms with Gasteiger partial charge in [0.25, 0.3) is 0 Å². The van der Waals surface area contributed by atoms with Crippen molar-refractivity contribution in [3.05, 3.63) is 36.1 Å². The van der Waals surface area contributed by atoms with Gasteiger partial charge < -0.3 is 14.6 Å². The molecule has 23 heavy (non-hydrogen) atoms. The molecule has 1 N–H and O–H groups in total. The third-order valence-electron chi connectivity index (χ3n) is 3.60. The third kappa shape index (κ3) is 4.72. The molecule has 0 saturated carbocycles. The number of para-hydroxylation sites is 1. The van der Waals surface area contributed by atoms with Crippen LogP contribution in [0.3, 0.4) is 0 Å². The second-order valence-corrected chi connectivity index (χ2v) is 6.81. The SMILES string of the molecule is CCN(CC)C(=S)SCC(=O)N[C@@H](C)c1cc2ccccc2o1. The molecular formula is C17H22N2O2S2. The molecule has 1 heterocycles. The molecule has 1 atom stereocenters. The molecule has 4 nitrogen and oxygen atoms in total. The van der Waals surface area contributed by atoms with Crippen LogP contribution in [0.4, 0.5) is 0 Å². The van der Waals surface area contributed by atoms with E-state index in [1.165, 1.54) is 11.8 Å². The van der Waals surface area contributed by atoms with Crippen LogP contribution in [0.2, 0.25) is 0 Å². The summed E-state index contributed by atoms with van der Waals surface area (Å²) in [6.45, 7) is 7.75. The highest BCUT2D eigenvalue weighted by molar-refractivity contribution is 8.23. The summed E-state index contributed by atoms with van der Waals surface area (Å²) in [6.07, 6.45) is 0. The van der Waals surface area contributed by atoms with Crippen LogP contribution in [0.15, 0.2) is 34.7 Å². The molecular weight excluding hydrogens is 328 g/mol. The fraction of sp³-hybridized carbons (Fsp3) is 0.412. The van der Waals surface area contributed by atoms with Gasteiger partial charge in [-0.2, -0.15) is 0 Å². The summed E-state index contributed by atoms with van der Waals surface area (Å²) in [5, 5.41) is 4.00. The zero-order valence-electron chi connectivity index (χ0n) is 13.7. The molecule has 0 bridgehead atoms. The maximum absolute atomic E-state index is 12.1. The Morgan fingerprint density at radius 1 is 1.35 bits per heavy atom. The average molecular weight is 351 g/mol. The first kappa shape index (κ1) is 17.8. The van der Waals surface area contributed by atoms with Crippen LogP contribution in [0, 0.1) is 0 Å². The molecule has 2 rings (SSSR count). The lowest BCUT2D eigenvalue weighted by Crippen LogP contribution is -2.31. The highest BCUT2D eigenvalue weighted by Crippen LogP contribution is 2.23.